The minimum Gasteiger partial charge on any atom is -0.492 e. The van der Waals surface area contributed by atoms with Crippen molar-refractivity contribution in [3.05, 3.63) is 33.8 Å². The van der Waals surface area contributed by atoms with Crippen LogP contribution in [0.5, 0.6) is 5.75 Å². The molecule has 0 amide bonds. The number of allylic oxidation sites excluding steroid dienone is 1. The molecule has 1 rings (SSSR count). The molecule has 1 aromatic rings. The molecule has 0 atom stereocenters. The number of hydrogen-bond donors (Lipinski definition) is 0. The van der Waals surface area contributed by atoms with E-state index in [-0.39, 0.29) is 5.57 Å². The second-order valence-electron chi connectivity index (χ2n) is 3.32. The zero-order valence-electron chi connectivity index (χ0n) is 9.40. The summed E-state index contributed by atoms with van der Waals surface area (Å²) >= 11 is 3.39. The third-order valence-corrected chi connectivity index (χ3v) is 2.59. The minimum atomic E-state index is 0.0825. The van der Waals surface area contributed by atoms with E-state index in [9.17, 15) is 0 Å². The molecule has 0 bridgehead atoms. The van der Waals surface area contributed by atoms with E-state index in [0.717, 1.165) is 22.2 Å². The number of rotatable bonds is 4. The monoisotopic (exact) mass is 290 g/mol. The molecule has 0 N–H and O–H groups in total. The Balaban J connectivity index is 2.94. The summed E-state index contributed by atoms with van der Waals surface area (Å²) < 4.78 is 6.32. The number of halogens is 1. The second-order valence-corrected chi connectivity index (χ2v) is 4.17. The fourth-order valence-electron chi connectivity index (χ4n) is 1.19. The first-order chi connectivity index (χ1) is 8.21. The largest absolute Gasteiger partial charge is 0.492 e. The van der Waals surface area contributed by atoms with E-state index in [0.29, 0.717) is 6.61 Å². The van der Waals surface area contributed by atoms with Gasteiger partial charge in [0, 0.05) is 0 Å². The van der Waals surface area contributed by atoms with Gasteiger partial charge in [-0.1, -0.05) is 13.0 Å². The topological polar surface area (TPSA) is 56.8 Å². The quantitative estimate of drug-likeness (QED) is 0.795. The molecule has 0 aromatic heterocycles. The van der Waals surface area contributed by atoms with Crippen LogP contribution in [0.3, 0.4) is 0 Å². The zero-order valence-corrected chi connectivity index (χ0v) is 11.0. The van der Waals surface area contributed by atoms with Crippen molar-refractivity contribution in [1.29, 1.82) is 10.5 Å². The average Bonchev–Trinajstić information content (AvgIpc) is 2.35. The Morgan fingerprint density at radius 3 is 2.65 bits per heavy atom. The summed E-state index contributed by atoms with van der Waals surface area (Å²) in [6.07, 6.45) is 2.48. The maximum absolute atomic E-state index is 8.65. The van der Waals surface area contributed by atoms with Gasteiger partial charge < -0.3 is 4.74 Å². The minimum absolute atomic E-state index is 0.0825. The van der Waals surface area contributed by atoms with Gasteiger partial charge in [-0.25, -0.2) is 0 Å². The predicted molar refractivity (Wildman–Crippen MR) is 69.1 cm³/mol. The summed E-state index contributed by atoms with van der Waals surface area (Å²) in [5.74, 6) is 0.763. The molecule has 1 aromatic carbocycles. The van der Waals surface area contributed by atoms with Gasteiger partial charge in [-0.05, 0) is 46.1 Å². The highest BCUT2D eigenvalue weighted by molar-refractivity contribution is 9.10. The molecule has 0 spiro atoms. The van der Waals surface area contributed by atoms with E-state index in [1.54, 1.807) is 0 Å². The maximum Gasteiger partial charge on any atom is 0.133 e. The molecule has 0 aliphatic rings. The van der Waals surface area contributed by atoms with E-state index in [2.05, 4.69) is 15.9 Å². The maximum atomic E-state index is 8.65. The van der Waals surface area contributed by atoms with Crippen LogP contribution in [0.1, 0.15) is 18.9 Å². The Bertz CT molecular complexity index is 493. The number of nitrogens with zero attached hydrogens (tertiary/aromatic N) is 2. The lowest BCUT2D eigenvalue weighted by molar-refractivity contribution is 0.315. The molecule has 0 fully saturated rings. The predicted octanol–water partition coefficient (Wildman–Crippen LogP) is 3.67. The summed E-state index contributed by atoms with van der Waals surface area (Å²) in [4.78, 5) is 0. The van der Waals surface area contributed by atoms with Gasteiger partial charge in [0.05, 0.1) is 11.1 Å². The standard InChI is InChI=1S/C13H11BrN2O/c1-2-5-17-13-4-3-10(7-12(13)14)6-11(8-15)9-16/h3-4,6-7H,2,5H2,1H3. The van der Waals surface area contributed by atoms with Gasteiger partial charge in [0.2, 0.25) is 0 Å². The van der Waals surface area contributed by atoms with Gasteiger partial charge in [-0.3, -0.25) is 0 Å². The lowest BCUT2D eigenvalue weighted by Gasteiger charge is -2.07. The van der Waals surface area contributed by atoms with Gasteiger partial charge in [0.15, 0.2) is 0 Å². The van der Waals surface area contributed by atoms with Gasteiger partial charge in [0.25, 0.3) is 0 Å². The second kappa shape index (κ2) is 6.73. The molecule has 0 aliphatic heterocycles. The molecule has 0 aliphatic carbocycles. The molecule has 3 nitrogen and oxygen atoms in total. The Hall–Kier alpha value is -1.78. The molecular formula is C13H11BrN2O. The summed E-state index contributed by atoms with van der Waals surface area (Å²) in [7, 11) is 0. The van der Waals surface area contributed by atoms with Gasteiger partial charge >= 0.3 is 0 Å². The number of benzene rings is 1. The van der Waals surface area contributed by atoms with Crippen LogP contribution in [0.25, 0.3) is 6.08 Å². The van der Waals surface area contributed by atoms with Crippen LogP contribution < -0.4 is 4.74 Å². The first kappa shape index (κ1) is 13.3. The van der Waals surface area contributed by atoms with Crippen LogP contribution in [-0.4, -0.2) is 6.61 Å². The van der Waals surface area contributed by atoms with Crippen LogP contribution in [0.2, 0.25) is 0 Å². The lowest BCUT2D eigenvalue weighted by Crippen LogP contribution is -1.95. The number of hydrogen-bond acceptors (Lipinski definition) is 3. The number of ether oxygens (including phenoxy) is 1. The van der Waals surface area contributed by atoms with Crippen LogP contribution in [0.4, 0.5) is 0 Å². The molecule has 17 heavy (non-hydrogen) atoms. The van der Waals surface area contributed by atoms with Crippen LogP contribution in [-0.2, 0) is 0 Å². The summed E-state index contributed by atoms with van der Waals surface area (Å²) in [6, 6.07) is 9.09. The molecule has 86 valence electrons. The number of nitriles is 2. The normalized spacial score (nSPS) is 8.94. The Kier molecular flexibility index (Phi) is 5.26. The van der Waals surface area contributed by atoms with Crippen molar-refractivity contribution in [2.45, 2.75) is 13.3 Å². The van der Waals surface area contributed by atoms with Gasteiger partial charge in [0.1, 0.15) is 23.5 Å². The Morgan fingerprint density at radius 2 is 2.12 bits per heavy atom. The highest BCUT2D eigenvalue weighted by Crippen LogP contribution is 2.27. The molecule has 0 saturated heterocycles. The SMILES string of the molecule is CCCOc1ccc(C=C(C#N)C#N)cc1Br. The smallest absolute Gasteiger partial charge is 0.133 e. The molecule has 0 saturated carbocycles. The van der Waals surface area contributed by atoms with Crippen molar-refractivity contribution < 1.29 is 4.74 Å². The molecule has 0 radical (unpaired) electrons. The van der Waals surface area contributed by atoms with Crippen molar-refractivity contribution in [3.63, 3.8) is 0 Å². The van der Waals surface area contributed by atoms with E-state index in [1.807, 2.05) is 37.3 Å². The highest BCUT2D eigenvalue weighted by atomic mass is 79.9. The molecule has 4 heteroatoms. The molecule has 0 heterocycles. The van der Waals surface area contributed by atoms with E-state index in [4.69, 9.17) is 15.3 Å². The third-order valence-electron chi connectivity index (χ3n) is 1.97. The average molecular weight is 291 g/mol. The molecule has 0 unspecified atom stereocenters. The highest BCUT2D eigenvalue weighted by Gasteiger charge is 2.02. The van der Waals surface area contributed by atoms with Crippen molar-refractivity contribution >= 4 is 22.0 Å². The lowest BCUT2D eigenvalue weighted by atomic mass is 10.1. The first-order valence-corrected chi connectivity index (χ1v) is 5.94. The van der Waals surface area contributed by atoms with Crippen molar-refractivity contribution in [2.24, 2.45) is 0 Å². The summed E-state index contributed by atoms with van der Waals surface area (Å²) in [6.45, 7) is 2.70. The Labute approximate surface area is 109 Å². The van der Waals surface area contributed by atoms with Crippen LogP contribution in [0.15, 0.2) is 28.2 Å². The van der Waals surface area contributed by atoms with Crippen LogP contribution >= 0.6 is 15.9 Å². The van der Waals surface area contributed by atoms with E-state index in [1.165, 1.54) is 6.08 Å². The summed E-state index contributed by atoms with van der Waals surface area (Å²) in [5, 5.41) is 17.3. The molecular weight excluding hydrogens is 280 g/mol. The van der Waals surface area contributed by atoms with Gasteiger partial charge in [-0.15, -0.1) is 0 Å². The van der Waals surface area contributed by atoms with E-state index < -0.39 is 0 Å². The zero-order chi connectivity index (χ0) is 12.7. The van der Waals surface area contributed by atoms with Crippen molar-refractivity contribution in [3.8, 4) is 17.9 Å². The third kappa shape index (κ3) is 3.94. The van der Waals surface area contributed by atoms with Crippen LogP contribution in [0, 0.1) is 22.7 Å². The van der Waals surface area contributed by atoms with Crippen molar-refractivity contribution in [2.75, 3.05) is 6.61 Å². The summed E-state index contributed by atoms with van der Waals surface area (Å²) in [5.41, 5.74) is 0.873. The van der Waals surface area contributed by atoms with E-state index >= 15 is 0 Å². The fourth-order valence-corrected chi connectivity index (χ4v) is 1.70. The Morgan fingerprint density at radius 1 is 1.41 bits per heavy atom. The van der Waals surface area contributed by atoms with Gasteiger partial charge in [-0.2, -0.15) is 10.5 Å². The van der Waals surface area contributed by atoms with Crippen molar-refractivity contribution in [1.82, 2.24) is 0 Å². The fraction of sp³-hybridized carbons (Fsp3) is 0.231. The first-order valence-electron chi connectivity index (χ1n) is 5.15.